The van der Waals surface area contributed by atoms with Gasteiger partial charge in [0.1, 0.15) is 23.7 Å². The molecule has 2 aliphatic carbocycles. The van der Waals surface area contributed by atoms with Gasteiger partial charge in [-0.2, -0.15) is 0 Å². The molecule has 2 bridgehead atoms. The van der Waals surface area contributed by atoms with E-state index in [-0.39, 0.29) is 23.8 Å². The molecule has 1 aliphatic heterocycles. The molecular weight excluding hydrogens is 552 g/mol. The molecule has 0 aromatic rings. The van der Waals surface area contributed by atoms with Crippen molar-refractivity contribution in [3.05, 3.63) is 23.3 Å². The quantitative estimate of drug-likeness (QED) is 0.371. The monoisotopic (exact) mass is 604 g/mol. The average molecular weight is 605 g/mol. The zero-order valence-corrected chi connectivity index (χ0v) is 27.5. The van der Waals surface area contributed by atoms with Crippen LogP contribution >= 0.6 is 11.8 Å². The van der Waals surface area contributed by atoms with Gasteiger partial charge in [0.15, 0.2) is 0 Å². The third-order valence-electron chi connectivity index (χ3n) is 8.59. The molecule has 0 aromatic carbocycles. The fourth-order valence-corrected chi connectivity index (χ4v) is 6.66. The van der Waals surface area contributed by atoms with Crippen molar-refractivity contribution in [3.63, 3.8) is 0 Å². The Morgan fingerprint density at radius 1 is 1.12 bits per heavy atom. The van der Waals surface area contributed by atoms with Crippen LogP contribution in [0.2, 0.25) is 0 Å². The number of fused-ring (bicyclic) bond motifs is 2. The van der Waals surface area contributed by atoms with Crippen LogP contribution in [0.15, 0.2) is 23.3 Å². The van der Waals surface area contributed by atoms with Gasteiger partial charge in [0.2, 0.25) is 17.7 Å². The highest BCUT2D eigenvalue weighted by atomic mass is 32.2. The van der Waals surface area contributed by atoms with Gasteiger partial charge in [-0.1, -0.05) is 44.4 Å². The van der Waals surface area contributed by atoms with Gasteiger partial charge in [0, 0.05) is 7.05 Å². The van der Waals surface area contributed by atoms with Crippen molar-refractivity contribution in [1.29, 1.82) is 0 Å². The summed E-state index contributed by atoms with van der Waals surface area (Å²) in [7, 11) is 1.51. The Labute approximate surface area is 256 Å². The number of rotatable bonds is 8. The molecule has 9 nitrogen and oxygen atoms in total. The second kappa shape index (κ2) is 15.3. The Morgan fingerprint density at radius 2 is 1.83 bits per heavy atom. The van der Waals surface area contributed by atoms with Crippen molar-refractivity contribution in [1.82, 2.24) is 20.4 Å². The number of nitrogens with zero attached hydrogens (tertiary/aromatic N) is 2. The molecule has 236 valence electrons. The molecule has 2 N–H and O–H groups in total. The van der Waals surface area contributed by atoms with Gasteiger partial charge >= 0.3 is 6.09 Å². The van der Waals surface area contributed by atoms with Crippen LogP contribution in [0.3, 0.4) is 0 Å². The first-order valence-electron chi connectivity index (χ1n) is 15.6. The molecule has 0 spiro atoms. The maximum Gasteiger partial charge on any atom is 0.410 e. The van der Waals surface area contributed by atoms with Crippen molar-refractivity contribution in [2.45, 2.75) is 129 Å². The third-order valence-corrected chi connectivity index (χ3v) is 9.57. The Balaban J connectivity index is 1.73. The van der Waals surface area contributed by atoms with E-state index in [1.165, 1.54) is 23.1 Å². The summed E-state index contributed by atoms with van der Waals surface area (Å²) in [5, 5.41) is 6.25. The molecule has 3 rings (SSSR count). The summed E-state index contributed by atoms with van der Waals surface area (Å²) < 4.78 is 5.41. The molecule has 42 heavy (non-hydrogen) atoms. The number of nitrogens with one attached hydrogen (secondary N) is 2. The largest absolute Gasteiger partial charge is 0.444 e. The van der Waals surface area contributed by atoms with Gasteiger partial charge in [-0.25, -0.2) is 4.79 Å². The molecule has 1 unspecified atom stereocenters. The fraction of sp³-hybridized carbons (Fsp3) is 0.750. The van der Waals surface area contributed by atoms with Crippen LogP contribution in [0.4, 0.5) is 4.79 Å². The second-order valence-electron chi connectivity index (χ2n) is 13.0. The average Bonchev–Trinajstić information content (AvgIpc) is 3.21. The number of hydrogen-bond acceptors (Lipinski definition) is 6. The van der Waals surface area contributed by atoms with E-state index >= 15 is 0 Å². The fourth-order valence-electron chi connectivity index (χ4n) is 5.63. The Morgan fingerprint density at radius 3 is 2.52 bits per heavy atom. The lowest BCUT2D eigenvalue weighted by Crippen LogP contribution is -2.61. The van der Waals surface area contributed by atoms with E-state index in [4.69, 9.17) is 4.74 Å². The highest BCUT2D eigenvalue weighted by molar-refractivity contribution is 7.99. The van der Waals surface area contributed by atoms with Crippen molar-refractivity contribution < 1.29 is 23.9 Å². The number of likely N-dealkylation sites (N-methyl/N-ethyl adjacent to an activating group) is 1. The minimum absolute atomic E-state index is 0.0138. The van der Waals surface area contributed by atoms with E-state index in [0.29, 0.717) is 18.7 Å². The van der Waals surface area contributed by atoms with Crippen molar-refractivity contribution in [2.24, 2.45) is 5.92 Å². The zero-order valence-electron chi connectivity index (χ0n) is 26.7. The summed E-state index contributed by atoms with van der Waals surface area (Å²) in [5.74, 6) is 0.216. The molecule has 1 heterocycles. The summed E-state index contributed by atoms with van der Waals surface area (Å²) in [5.41, 5.74) is 2.07. The van der Waals surface area contributed by atoms with Crippen molar-refractivity contribution >= 4 is 35.6 Å². The van der Waals surface area contributed by atoms with Crippen LogP contribution in [0.5, 0.6) is 0 Å². The summed E-state index contributed by atoms with van der Waals surface area (Å²) in [6.45, 7) is 10.8. The molecule has 3 aliphatic rings. The summed E-state index contributed by atoms with van der Waals surface area (Å²) in [4.78, 5) is 56.6. The lowest BCUT2D eigenvalue weighted by molar-refractivity contribution is -0.144. The lowest BCUT2D eigenvalue weighted by atomic mass is 9.89. The maximum absolute atomic E-state index is 14.1. The first kappa shape index (κ1) is 34.0. The summed E-state index contributed by atoms with van der Waals surface area (Å²) >= 11 is 1.62. The zero-order chi connectivity index (χ0) is 31.0. The smallest absolute Gasteiger partial charge is 0.410 e. The van der Waals surface area contributed by atoms with E-state index in [2.05, 4.69) is 22.8 Å². The molecule has 0 aromatic heterocycles. The van der Waals surface area contributed by atoms with E-state index in [1.54, 1.807) is 44.4 Å². The van der Waals surface area contributed by atoms with Crippen LogP contribution in [-0.4, -0.2) is 82.1 Å². The summed E-state index contributed by atoms with van der Waals surface area (Å²) in [6, 6.07) is -2.26. The minimum Gasteiger partial charge on any atom is -0.444 e. The van der Waals surface area contributed by atoms with Gasteiger partial charge in [-0.15, -0.1) is 11.8 Å². The molecule has 4 amide bonds. The number of amides is 4. The predicted octanol–water partition coefficient (Wildman–Crippen LogP) is 5.16. The molecule has 0 radical (unpaired) electrons. The Hall–Kier alpha value is -2.49. The van der Waals surface area contributed by atoms with Crippen LogP contribution in [0.1, 0.15) is 99.3 Å². The maximum atomic E-state index is 14.1. The molecule has 10 heteroatoms. The highest BCUT2D eigenvalue weighted by Gasteiger charge is 2.40. The van der Waals surface area contributed by atoms with Gasteiger partial charge in [0.25, 0.3) is 0 Å². The summed E-state index contributed by atoms with van der Waals surface area (Å²) in [6.07, 6.45) is 12.5. The normalized spacial score (nSPS) is 23.5. The lowest BCUT2D eigenvalue weighted by Gasteiger charge is -2.39. The van der Waals surface area contributed by atoms with Crippen LogP contribution in [0, 0.1) is 5.92 Å². The molecule has 5 atom stereocenters. The van der Waals surface area contributed by atoms with E-state index < -0.39 is 35.7 Å². The predicted molar refractivity (Wildman–Crippen MR) is 168 cm³/mol. The highest BCUT2D eigenvalue weighted by Crippen LogP contribution is 2.30. The first-order valence-corrected chi connectivity index (χ1v) is 16.8. The van der Waals surface area contributed by atoms with Crippen LogP contribution < -0.4 is 10.6 Å². The van der Waals surface area contributed by atoms with E-state index in [1.807, 2.05) is 13.8 Å². The van der Waals surface area contributed by atoms with Gasteiger partial charge < -0.3 is 20.3 Å². The molecular formula is C32H52N4O5S. The van der Waals surface area contributed by atoms with Gasteiger partial charge in [-0.05, 0) is 89.9 Å². The Bertz CT molecular complexity index is 1050. The number of carbonyl (C=O) groups is 4. The van der Waals surface area contributed by atoms with E-state index in [0.717, 1.165) is 50.7 Å². The van der Waals surface area contributed by atoms with Gasteiger partial charge in [0.05, 0.1) is 11.9 Å². The van der Waals surface area contributed by atoms with Gasteiger partial charge in [-0.3, -0.25) is 19.3 Å². The number of allylic oxidation sites excluding steroid dienone is 3. The SMILES string of the molecule is CCC(C)[C@H](NC(=O)[C@H](C)N(C)C(=O)OC(C)(C)C)C(=O)N1CSCC[C@H]1C(=O)N[C@@H]1CCCCC2=CCCC=C1C2. The minimum atomic E-state index is -0.847. The van der Waals surface area contributed by atoms with Crippen molar-refractivity contribution in [3.8, 4) is 0 Å². The molecule has 2 fully saturated rings. The number of carbonyl (C=O) groups excluding carboxylic acids is 4. The van der Waals surface area contributed by atoms with Crippen molar-refractivity contribution in [2.75, 3.05) is 18.7 Å². The van der Waals surface area contributed by atoms with Crippen LogP contribution in [-0.2, 0) is 19.1 Å². The Kier molecular flexibility index (Phi) is 12.4. The van der Waals surface area contributed by atoms with Crippen LogP contribution in [0.25, 0.3) is 0 Å². The number of ether oxygens (including phenoxy) is 1. The number of thioether (sulfide) groups is 1. The molecule has 1 saturated heterocycles. The first-order chi connectivity index (χ1) is 19.8. The van der Waals surface area contributed by atoms with E-state index in [9.17, 15) is 19.2 Å². The third kappa shape index (κ3) is 9.25. The number of hydrogen-bond donors (Lipinski definition) is 2. The second-order valence-corrected chi connectivity index (χ2v) is 14.1. The topological polar surface area (TPSA) is 108 Å². The standard InChI is InChI=1S/C32H52N4O5S/c1-8-21(2)27(34-28(37)22(3)35(7)31(40)41-32(4,5)6)30(39)36-20-42-18-17-26(36)29(38)33-25-16-12-10-14-23-13-9-11-15-24(25)19-23/h13,15,21-22,25-27H,8-12,14,16-20H2,1-7H3,(H,33,38)(H,34,37)/t21?,22-,25+,26-,27-/m0/s1. The molecule has 1 saturated carbocycles.